The summed E-state index contributed by atoms with van der Waals surface area (Å²) < 4.78 is 5.15. The molecule has 1 N–H and O–H groups in total. The zero-order chi connectivity index (χ0) is 14.7. The number of rotatable bonds is 4. The number of anilines is 2. The van der Waals surface area contributed by atoms with E-state index in [1.165, 1.54) is 16.0 Å². The Bertz CT molecular complexity index is 740. The maximum atomic E-state index is 5.15. The molecule has 0 atom stereocenters. The van der Waals surface area contributed by atoms with E-state index in [1.807, 2.05) is 30.5 Å². The van der Waals surface area contributed by atoms with Gasteiger partial charge >= 0.3 is 0 Å². The lowest BCUT2D eigenvalue weighted by atomic mass is 10.1. The summed E-state index contributed by atoms with van der Waals surface area (Å²) in [6.45, 7) is 2.12. The normalized spacial score (nSPS) is 9.91. The molecule has 0 fully saturated rings. The average molecular weight is 377 g/mol. The first-order valence-electron chi connectivity index (χ1n) is 6.69. The molecular weight excluding hydrogens is 360 g/mol. The number of thiazole rings is 1. The lowest BCUT2D eigenvalue weighted by Gasteiger charge is -2.04. The molecule has 2 aromatic carbocycles. The molecule has 5 heteroatoms. The van der Waals surface area contributed by atoms with Crippen molar-refractivity contribution in [3.8, 4) is 16.2 Å². The van der Waals surface area contributed by atoms with Crippen molar-refractivity contribution >= 4 is 39.1 Å². The number of aromatic nitrogens is 1. The highest BCUT2D eigenvalue weighted by molar-refractivity contribution is 8.93. The molecule has 3 aromatic rings. The van der Waals surface area contributed by atoms with E-state index in [-0.39, 0.29) is 17.0 Å². The zero-order valence-electron chi connectivity index (χ0n) is 12.4. The lowest BCUT2D eigenvalue weighted by molar-refractivity contribution is 0.415. The number of methoxy groups -OCH3 is 1. The quantitative estimate of drug-likeness (QED) is 0.657. The Hall–Kier alpha value is -1.85. The van der Waals surface area contributed by atoms with Crippen molar-refractivity contribution in [2.75, 3.05) is 12.4 Å². The Morgan fingerprint density at radius 3 is 2.45 bits per heavy atom. The summed E-state index contributed by atoms with van der Waals surface area (Å²) >= 11 is 1.65. The predicted molar refractivity (Wildman–Crippen MR) is 98.9 cm³/mol. The van der Waals surface area contributed by atoms with Crippen LogP contribution in [-0.2, 0) is 0 Å². The molecule has 0 radical (unpaired) electrons. The minimum Gasteiger partial charge on any atom is -0.497 e. The van der Waals surface area contributed by atoms with Gasteiger partial charge in [-0.3, -0.25) is 0 Å². The van der Waals surface area contributed by atoms with Crippen molar-refractivity contribution in [2.45, 2.75) is 6.92 Å². The van der Waals surface area contributed by atoms with E-state index in [0.29, 0.717) is 0 Å². The van der Waals surface area contributed by atoms with Crippen LogP contribution in [0.5, 0.6) is 5.75 Å². The molecule has 0 saturated heterocycles. The number of nitrogens with zero attached hydrogens (tertiary/aromatic N) is 1. The van der Waals surface area contributed by atoms with Gasteiger partial charge < -0.3 is 10.1 Å². The van der Waals surface area contributed by atoms with Gasteiger partial charge in [0.2, 0.25) is 0 Å². The van der Waals surface area contributed by atoms with Crippen molar-refractivity contribution in [3.63, 3.8) is 0 Å². The molecule has 0 amide bonds. The number of hydrogen-bond acceptors (Lipinski definition) is 4. The summed E-state index contributed by atoms with van der Waals surface area (Å²) in [6, 6.07) is 16.2. The molecule has 0 unspecified atom stereocenters. The third-order valence-corrected chi connectivity index (χ3v) is 4.20. The second-order valence-corrected chi connectivity index (χ2v) is 5.73. The fourth-order valence-corrected chi connectivity index (χ4v) is 3.03. The molecule has 0 spiro atoms. The van der Waals surface area contributed by atoms with Gasteiger partial charge in [-0.2, -0.15) is 0 Å². The second-order valence-electron chi connectivity index (χ2n) is 4.70. The fourth-order valence-electron chi connectivity index (χ4n) is 2.10. The number of nitrogens with one attached hydrogen (secondary N) is 1. The molecule has 1 aromatic heterocycles. The van der Waals surface area contributed by atoms with Crippen LogP contribution in [0.1, 0.15) is 5.56 Å². The van der Waals surface area contributed by atoms with E-state index in [9.17, 15) is 0 Å². The van der Waals surface area contributed by atoms with E-state index in [0.717, 1.165) is 16.6 Å². The monoisotopic (exact) mass is 376 g/mol. The first-order valence-corrected chi connectivity index (χ1v) is 7.51. The highest BCUT2D eigenvalue weighted by atomic mass is 79.9. The third-order valence-electron chi connectivity index (χ3n) is 3.26. The lowest BCUT2D eigenvalue weighted by Crippen LogP contribution is -1.89. The minimum atomic E-state index is 0. The van der Waals surface area contributed by atoms with Crippen molar-refractivity contribution in [2.24, 2.45) is 0 Å². The van der Waals surface area contributed by atoms with Gasteiger partial charge in [0.15, 0.2) is 5.13 Å². The SMILES string of the molecule is Br.COc1ccc(Nc2ncc(-c3ccccc3C)s2)cc1. The number of hydrogen-bond donors (Lipinski definition) is 1. The smallest absolute Gasteiger partial charge is 0.187 e. The molecule has 0 aliphatic rings. The Labute approximate surface area is 144 Å². The topological polar surface area (TPSA) is 34.1 Å². The van der Waals surface area contributed by atoms with E-state index in [4.69, 9.17) is 4.74 Å². The summed E-state index contributed by atoms with van der Waals surface area (Å²) in [5.74, 6) is 0.847. The van der Waals surface area contributed by atoms with Crippen LogP contribution in [0.3, 0.4) is 0 Å². The van der Waals surface area contributed by atoms with Gasteiger partial charge in [0.25, 0.3) is 0 Å². The molecule has 114 valence electrons. The Balaban J connectivity index is 0.00000176. The standard InChI is InChI=1S/C17H16N2OS.BrH/c1-12-5-3-4-6-15(12)16-11-18-17(21-16)19-13-7-9-14(20-2)10-8-13;/h3-11H,1-2H3,(H,18,19);1H. The van der Waals surface area contributed by atoms with Gasteiger partial charge in [0.05, 0.1) is 12.0 Å². The van der Waals surface area contributed by atoms with Crippen LogP contribution < -0.4 is 10.1 Å². The molecule has 0 aliphatic heterocycles. The molecule has 1 heterocycles. The number of halogens is 1. The summed E-state index contributed by atoms with van der Waals surface area (Å²) in [6.07, 6.45) is 1.92. The molecular formula is C17H17BrN2OS. The second kappa shape index (κ2) is 7.42. The maximum Gasteiger partial charge on any atom is 0.187 e. The summed E-state index contributed by atoms with van der Waals surface area (Å²) in [5, 5.41) is 4.20. The molecule has 0 bridgehead atoms. The van der Waals surface area contributed by atoms with Crippen LogP contribution in [-0.4, -0.2) is 12.1 Å². The number of ether oxygens (including phenoxy) is 1. The summed E-state index contributed by atoms with van der Waals surface area (Å²) in [7, 11) is 1.66. The fraction of sp³-hybridized carbons (Fsp3) is 0.118. The summed E-state index contributed by atoms with van der Waals surface area (Å²) in [4.78, 5) is 5.62. The van der Waals surface area contributed by atoms with Crippen LogP contribution >= 0.6 is 28.3 Å². The highest BCUT2D eigenvalue weighted by Gasteiger charge is 2.06. The van der Waals surface area contributed by atoms with E-state index >= 15 is 0 Å². The minimum absolute atomic E-state index is 0. The molecule has 3 rings (SSSR count). The molecule has 0 aliphatic carbocycles. The molecule has 3 nitrogen and oxygen atoms in total. The van der Waals surface area contributed by atoms with Crippen LogP contribution in [0.25, 0.3) is 10.4 Å². The number of aryl methyl sites for hydroxylation is 1. The van der Waals surface area contributed by atoms with Gasteiger partial charge in [-0.15, -0.1) is 17.0 Å². The number of benzene rings is 2. The summed E-state index contributed by atoms with van der Waals surface area (Å²) in [5.41, 5.74) is 3.50. The molecule has 22 heavy (non-hydrogen) atoms. The van der Waals surface area contributed by atoms with E-state index < -0.39 is 0 Å². The van der Waals surface area contributed by atoms with Crippen LogP contribution in [0.4, 0.5) is 10.8 Å². The first kappa shape index (κ1) is 16.5. The first-order chi connectivity index (χ1) is 10.3. The third kappa shape index (κ3) is 3.67. The van der Waals surface area contributed by atoms with E-state index in [1.54, 1.807) is 18.4 Å². The largest absolute Gasteiger partial charge is 0.497 e. The Morgan fingerprint density at radius 1 is 1.05 bits per heavy atom. The van der Waals surface area contributed by atoms with Gasteiger partial charge in [-0.05, 0) is 42.3 Å². The van der Waals surface area contributed by atoms with Crippen molar-refractivity contribution in [3.05, 3.63) is 60.3 Å². The van der Waals surface area contributed by atoms with Gasteiger partial charge in [0, 0.05) is 11.9 Å². The zero-order valence-corrected chi connectivity index (χ0v) is 14.9. The van der Waals surface area contributed by atoms with Gasteiger partial charge in [-0.1, -0.05) is 35.6 Å². The van der Waals surface area contributed by atoms with Crippen LogP contribution in [0.2, 0.25) is 0 Å². The van der Waals surface area contributed by atoms with Gasteiger partial charge in [0.1, 0.15) is 5.75 Å². The van der Waals surface area contributed by atoms with Crippen molar-refractivity contribution < 1.29 is 4.74 Å². The molecule has 0 saturated carbocycles. The predicted octanol–water partition coefficient (Wildman–Crippen LogP) is 5.45. The highest BCUT2D eigenvalue weighted by Crippen LogP contribution is 2.32. The van der Waals surface area contributed by atoms with Crippen LogP contribution in [0, 0.1) is 6.92 Å². The Kier molecular flexibility index (Phi) is 5.57. The average Bonchev–Trinajstić information content (AvgIpc) is 2.97. The maximum absolute atomic E-state index is 5.15. The van der Waals surface area contributed by atoms with E-state index in [2.05, 4.69) is 41.5 Å². The van der Waals surface area contributed by atoms with Crippen molar-refractivity contribution in [1.82, 2.24) is 4.98 Å². The van der Waals surface area contributed by atoms with Gasteiger partial charge in [-0.25, -0.2) is 4.98 Å². The van der Waals surface area contributed by atoms with Crippen molar-refractivity contribution in [1.29, 1.82) is 0 Å². The Morgan fingerprint density at radius 2 is 1.77 bits per heavy atom. The van der Waals surface area contributed by atoms with Crippen LogP contribution in [0.15, 0.2) is 54.7 Å².